The van der Waals surface area contributed by atoms with Crippen LogP contribution in [0, 0.1) is 13.8 Å². The Morgan fingerprint density at radius 3 is 2.48 bits per heavy atom. The quantitative estimate of drug-likeness (QED) is 0.765. The molecule has 3 nitrogen and oxygen atoms in total. The van der Waals surface area contributed by atoms with Gasteiger partial charge in [-0.3, -0.25) is 4.79 Å². The zero-order valence-electron chi connectivity index (χ0n) is 13.8. The summed E-state index contributed by atoms with van der Waals surface area (Å²) in [5.74, 6) is -0.0192. The number of hydrogen-bond donors (Lipinski definition) is 2. The molecule has 0 heterocycles. The molecule has 4 heteroatoms. The van der Waals surface area contributed by atoms with Crippen molar-refractivity contribution in [1.82, 2.24) is 5.32 Å². The molecule has 2 aromatic carbocycles. The van der Waals surface area contributed by atoms with Gasteiger partial charge in [-0.05, 0) is 55.2 Å². The van der Waals surface area contributed by atoms with E-state index in [4.69, 9.17) is 0 Å². The number of aryl methyl sites for hydroxylation is 1. The van der Waals surface area contributed by atoms with Gasteiger partial charge in [0.05, 0.1) is 6.54 Å². The van der Waals surface area contributed by atoms with Gasteiger partial charge in [0.1, 0.15) is 0 Å². The molecule has 2 N–H and O–H groups in total. The minimum atomic E-state index is -0.0192. The van der Waals surface area contributed by atoms with Crippen LogP contribution in [0.3, 0.4) is 0 Å². The van der Waals surface area contributed by atoms with E-state index in [1.807, 2.05) is 44.2 Å². The summed E-state index contributed by atoms with van der Waals surface area (Å²) in [6, 6.07) is 14.3. The largest absolute Gasteiger partial charge is 0.325 e. The summed E-state index contributed by atoms with van der Waals surface area (Å²) in [5.41, 5.74) is 4.36. The molecule has 23 heavy (non-hydrogen) atoms. The molecule has 1 atom stereocenters. The third-order valence-electron chi connectivity index (χ3n) is 4.07. The Hall–Kier alpha value is -1.65. The van der Waals surface area contributed by atoms with Gasteiger partial charge in [0.25, 0.3) is 0 Å². The van der Waals surface area contributed by atoms with Gasteiger partial charge >= 0.3 is 0 Å². The van der Waals surface area contributed by atoms with E-state index in [-0.39, 0.29) is 11.9 Å². The molecule has 0 aliphatic carbocycles. The van der Waals surface area contributed by atoms with E-state index >= 15 is 0 Å². The third-order valence-corrected chi connectivity index (χ3v) is 4.60. The molecule has 1 amide bonds. The normalized spacial score (nSPS) is 12.0. The molecule has 0 bridgehead atoms. The minimum absolute atomic E-state index is 0.0192. The number of nitrogens with one attached hydrogen (secondary N) is 2. The maximum Gasteiger partial charge on any atom is 0.238 e. The number of benzene rings is 2. The summed E-state index contributed by atoms with van der Waals surface area (Å²) in [6.07, 6.45) is 0.929. The first-order valence-electron chi connectivity index (χ1n) is 7.86. The summed E-state index contributed by atoms with van der Waals surface area (Å²) >= 11 is 3.44. The lowest BCUT2D eigenvalue weighted by Crippen LogP contribution is -2.31. The standard InChI is InChI=1S/C19H23BrN2O/c1-4-17(15-8-10-16(20)11-9-15)21-12-19(23)22-18-7-5-6-13(2)14(18)3/h5-11,17,21H,4,12H2,1-3H3,(H,22,23)/t17-/m1/s1. The summed E-state index contributed by atoms with van der Waals surface area (Å²) < 4.78 is 1.06. The Morgan fingerprint density at radius 2 is 1.83 bits per heavy atom. The summed E-state index contributed by atoms with van der Waals surface area (Å²) in [7, 11) is 0. The van der Waals surface area contributed by atoms with Gasteiger partial charge in [-0.25, -0.2) is 0 Å². The zero-order valence-corrected chi connectivity index (χ0v) is 15.4. The monoisotopic (exact) mass is 374 g/mol. The van der Waals surface area contributed by atoms with Gasteiger partial charge in [0.2, 0.25) is 5.91 Å². The molecule has 2 rings (SSSR count). The first-order valence-corrected chi connectivity index (χ1v) is 8.65. The molecule has 0 aliphatic rings. The maximum atomic E-state index is 12.2. The van der Waals surface area contributed by atoms with Crippen LogP contribution in [-0.2, 0) is 4.79 Å². The second-order valence-electron chi connectivity index (χ2n) is 5.69. The van der Waals surface area contributed by atoms with Gasteiger partial charge < -0.3 is 10.6 Å². The van der Waals surface area contributed by atoms with Crippen LogP contribution in [0.25, 0.3) is 0 Å². The fraction of sp³-hybridized carbons (Fsp3) is 0.316. The SMILES string of the molecule is CC[C@@H](NCC(=O)Nc1cccc(C)c1C)c1ccc(Br)cc1. The van der Waals surface area contributed by atoms with Crippen molar-refractivity contribution in [2.24, 2.45) is 0 Å². The Balaban J connectivity index is 1.94. The summed E-state index contributed by atoms with van der Waals surface area (Å²) in [5, 5.41) is 6.31. The second-order valence-corrected chi connectivity index (χ2v) is 6.60. The van der Waals surface area contributed by atoms with E-state index < -0.39 is 0 Å². The lowest BCUT2D eigenvalue weighted by atomic mass is 10.0. The number of halogens is 1. The molecule has 0 aromatic heterocycles. The number of amides is 1. The molecular weight excluding hydrogens is 352 g/mol. The molecule has 0 spiro atoms. The predicted molar refractivity (Wildman–Crippen MR) is 99.7 cm³/mol. The van der Waals surface area contributed by atoms with E-state index in [0.29, 0.717) is 6.54 Å². The van der Waals surface area contributed by atoms with Crippen molar-refractivity contribution in [2.45, 2.75) is 33.2 Å². The lowest BCUT2D eigenvalue weighted by molar-refractivity contribution is -0.115. The van der Waals surface area contributed by atoms with Crippen LogP contribution in [0.4, 0.5) is 5.69 Å². The van der Waals surface area contributed by atoms with E-state index in [1.165, 1.54) is 11.1 Å². The fourth-order valence-electron chi connectivity index (χ4n) is 2.49. The molecule has 2 aromatic rings. The number of carbonyl (C=O) groups excluding carboxylic acids is 1. The Morgan fingerprint density at radius 1 is 1.13 bits per heavy atom. The van der Waals surface area contributed by atoms with Crippen molar-refractivity contribution in [2.75, 3.05) is 11.9 Å². The molecule has 0 radical (unpaired) electrons. The zero-order chi connectivity index (χ0) is 16.8. The predicted octanol–water partition coefficient (Wildman–Crippen LogP) is 4.75. The van der Waals surface area contributed by atoms with E-state index in [1.54, 1.807) is 0 Å². The van der Waals surface area contributed by atoms with Crippen LogP contribution >= 0.6 is 15.9 Å². The van der Waals surface area contributed by atoms with Gasteiger partial charge in [-0.15, -0.1) is 0 Å². The molecule has 0 fully saturated rings. The Bertz CT molecular complexity index is 668. The van der Waals surface area contributed by atoms with Crippen molar-refractivity contribution in [3.63, 3.8) is 0 Å². The van der Waals surface area contributed by atoms with E-state index in [0.717, 1.165) is 22.1 Å². The number of rotatable bonds is 6. The Labute approximate surface area is 146 Å². The number of hydrogen-bond acceptors (Lipinski definition) is 2. The minimum Gasteiger partial charge on any atom is -0.325 e. The summed E-state index contributed by atoms with van der Waals surface area (Å²) in [4.78, 5) is 12.2. The molecule has 0 saturated heterocycles. The highest BCUT2D eigenvalue weighted by atomic mass is 79.9. The van der Waals surface area contributed by atoms with E-state index in [2.05, 4.69) is 45.6 Å². The molecule has 122 valence electrons. The van der Waals surface area contributed by atoms with Crippen molar-refractivity contribution >= 4 is 27.5 Å². The second kappa shape index (κ2) is 8.27. The van der Waals surface area contributed by atoms with Crippen LogP contribution in [-0.4, -0.2) is 12.5 Å². The Kier molecular flexibility index (Phi) is 6.37. The topological polar surface area (TPSA) is 41.1 Å². The molecule has 0 unspecified atom stereocenters. The van der Waals surface area contributed by atoms with Crippen molar-refractivity contribution in [1.29, 1.82) is 0 Å². The molecule has 0 saturated carbocycles. The lowest BCUT2D eigenvalue weighted by Gasteiger charge is -2.18. The molecular formula is C19H23BrN2O. The van der Waals surface area contributed by atoms with Crippen LogP contribution in [0.1, 0.15) is 36.1 Å². The highest BCUT2D eigenvalue weighted by molar-refractivity contribution is 9.10. The van der Waals surface area contributed by atoms with Gasteiger partial charge in [0.15, 0.2) is 0 Å². The van der Waals surface area contributed by atoms with E-state index in [9.17, 15) is 4.79 Å². The van der Waals surface area contributed by atoms with Crippen LogP contribution in [0.2, 0.25) is 0 Å². The van der Waals surface area contributed by atoms with Gasteiger partial charge in [-0.1, -0.05) is 47.1 Å². The molecule has 0 aliphatic heterocycles. The van der Waals surface area contributed by atoms with Crippen LogP contribution in [0.15, 0.2) is 46.9 Å². The average Bonchev–Trinajstić information content (AvgIpc) is 2.54. The van der Waals surface area contributed by atoms with Crippen molar-refractivity contribution < 1.29 is 4.79 Å². The van der Waals surface area contributed by atoms with Crippen molar-refractivity contribution in [3.05, 3.63) is 63.6 Å². The van der Waals surface area contributed by atoms with Gasteiger partial charge in [0, 0.05) is 16.2 Å². The summed E-state index contributed by atoms with van der Waals surface area (Å²) in [6.45, 7) is 6.48. The van der Waals surface area contributed by atoms with Crippen molar-refractivity contribution in [3.8, 4) is 0 Å². The first kappa shape index (κ1) is 17.7. The van der Waals surface area contributed by atoms with Crippen LogP contribution < -0.4 is 10.6 Å². The number of carbonyl (C=O) groups is 1. The smallest absolute Gasteiger partial charge is 0.238 e. The van der Waals surface area contributed by atoms with Crippen LogP contribution in [0.5, 0.6) is 0 Å². The highest BCUT2D eigenvalue weighted by Gasteiger charge is 2.11. The maximum absolute atomic E-state index is 12.2. The average molecular weight is 375 g/mol. The number of anilines is 1. The fourth-order valence-corrected chi connectivity index (χ4v) is 2.75. The third kappa shape index (κ3) is 4.91. The first-order chi connectivity index (χ1) is 11.0. The highest BCUT2D eigenvalue weighted by Crippen LogP contribution is 2.20. The van der Waals surface area contributed by atoms with Gasteiger partial charge in [-0.2, -0.15) is 0 Å².